The smallest absolute Gasteiger partial charge is 0.410 e. The van der Waals surface area contributed by atoms with E-state index in [0.29, 0.717) is 24.7 Å². The molecular formula is C19H17ClN2O2. The van der Waals surface area contributed by atoms with Gasteiger partial charge in [0.25, 0.3) is 0 Å². The first-order valence-corrected chi connectivity index (χ1v) is 8.33. The molecule has 0 saturated carbocycles. The summed E-state index contributed by atoms with van der Waals surface area (Å²) >= 11 is 6.12. The Labute approximate surface area is 145 Å². The van der Waals surface area contributed by atoms with E-state index >= 15 is 0 Å². The minimum absolute atomic E-state index is 0.277. The van der Waals surface area contributed by atoms with E-state index in [4.69, 9.17) is 16.3 Å². The fourth-order valence-electron chi connectivity index (χ4n) is 3.15. The third-order valence-corrected chi connectivity index (χ3v) is 4.64. The standard InChI is InChI=1S/C19H17ClN2O2/c20-14-6-7-17-15(10-14)16-11-22(9-8-18(16)21-17)19(23)24-12-13-4-2-1-3-5-13/h1-7,10,21H,8-9,11-12H2. The largest absolute Gasteiger partial charge is 0.445 e. The summed E-state index contributed by atoms with van der Waals surface area (Å²) in [6, 6.07) is 15.5. The maximum Gasteiger partial charge on any atom is 0.410 e. The van der Waals surface area contributed by atoms with Gasteiger partial charge in [0.05, 0.1) is 6.54 Å². The maximum absolute atomic E-state index is 12.4. The van der Waals surface area contributed by atoms with E-state index in [1.807, 2.05) is 48.5 Å². The van der Waals surface area contributed by atoms with Crippen LogP contribution in [0.5, 0.6) is 0 Å². The van der Waals surface area contributed by atoms with E-state index in [1.165, 1.54) is 5.69 Å². The first kappa shape index (κ1) is 15.1. The summed E-state index contributed by atoms with van der Waals surface area (Å²) in [7, 11) is 0. The van der Waals surface area contributed by atoms with Crippen LogP contribution in [-0.4, -0.2) is 22.5 Å². The molecule has 4 nitrogen and oxygen atoms in total. The summed E-state index contributed by atoms with van der Waals surface area (Å²) in [5.74, 6) is 0. The first-order valence-electron chi connectivity index (χ1n) is 7.95. The number of aromatic nitrogens is 1. The first-order chi connectivity index (χ1) is 11.7. The Balaban J connectivity index is 1.50. The molecule has 0 unspecified atom stereocenters. The fourth-order valence-corrected chi connectivity index (χ4v) is 3.32. The lowest BCUT2D eigenvalue weighted by molar-refractivity contribution is 0.0919. The summed E-state index contributed by atoms with van der Waals surface area (Å²) in [5.41, 5.74) is 4.36. The zero-order chi connectivity index (χ0) is 16.5. The minimum atomic E-state index is -0.277. The Morgan fingerprint density at radius 2 is 2.04 bits per heavy atom. The van der Waals surface area contributed by atoms with Crippen LogP contribution in [-0.2, 0) is 24.3 Å². The highest BCUT2D eigenvalue weighted by Crippen LogP contribution is 2.30. The molecule has 0 fully saturated rings. The molecule has 0 radical (unpaired) electrons. The molecule has 4 rings (SSSR count). The van der Waals surface area contributed by atoms with E-state index in [1.54, 1.807) is 4.90 Å². The average Bonchev–Trinajstić information content (AvgIpc) is 2.97. The van der Waals surface area contributed by atoms with Gasteiger partial charge in [-0.2, -0.15) is 0 Å². The predicted molar refractivity (Wildman–Crippen MR) is 94.0 cm³/mol. The van der Waals surface area contributed by atoms with Gasteiger partial charge in [0.1, 0.15) is 6.61 Å². The van der Waals surface area contributed by atoms with Crippen molar-refractivity contribution in [2.24, 2.45) is 0 Å². The zero-order valence-electron chi connectivity index (χ0n) is 13.1. The molecule has 1 aliphatic heterocycles. The lowest BCUT2D eigenvalue weighted by atomic mass is 10.1. The molecule has 5 heteroatoms. The van der Waals surface area contributed by atoms with Crippen molar-refractivity contribution in [3.8, 4) is 0 Å². The van der Waals surface area contributed by atoms with Crippen LogP contribution in [0.2, 0.25) is 5.02 Å². The van der Waals surface area contributed by atoms with Gasteiger partial charge in [0.2, 0.25) is 0 Å². The third kappa shape index (κ3) is 2.85. The van der Waals surface area contributed by atoms with Crippen LogP contribution in [0.15, 0.2) is 48.5 Å². The summed E-state index contributed by atoms with van der Waals surface area (Å²) < 4.78 is 5.45. The highest BCUT2D eigenvalue weighted by atomic mass is 35.5. The van der Waals surface area contributed by atoms with E-state index in [0.717, 1.165) is 28.5 Å². The van der Waals surface area contributed by atoms with E-state index < -0.39 is 0 Å². The molecule has 3 aromatic rings. The van der Waals surface area contributed by atoms with Crippen molar-refractivity contribution in [2.75, 3.05) is 6.54 Å². The van der Waals surface area contributed by atoms with Crippen LogP contribution in [0.25, 0.3) is 10.9 Å². The lowest BCUT2D eigenvalue weighted by Gasteiger charge is -2.26. The highest BCUT2D eigenvalue weighted by molar-refractivity contribution is 6.31. The molecule has 2 aromatic carbocycles. The topological polar surface area (TPSA) is 45.3 Å². The van der Waals surface area contributed by atoms with Crippen molar-refractivity contribution in [3.63, 3.8) is 0 Å². The van der Waals surface area contributed by atoms with Crippen molar-refractivity contribution in [1.29, 1.82) is 0 Å². The van der Waals surface area contributed by atoms with Crippen LogP contribution < -0.4 is 0 Å². The molecule has 2 heterocycles. The SMILES string of the molecule is O=C(OCc1ccccc1)N1CCc2[nH]c3ccc(Cl)cc3c2C1. The Kier molecular flexibility index (Phi) is 3.90. The number of aromatic amines is 1. The molecule has 122 valence electrons. The second-order valence-electron chi connectivity index (χ2n) is 5.98. The van der Waals surface area contributed by atoms with Crippen LogP contribution in [0.3, 0.4) is 0 Å². The van der Waals surface area contributed by atoms with Gasteiger partial charge in [0, 0.05) is 40.1 Å². The van der Waals surface area contributed by atoms with E-state index in [-0.39, 0.29) is 6.09 Å². The highest BCUT2D eigenvalue weighted by Gasteiger charge is 2.25. The number of benzene rings is 2. The lowest BCUT2D eigenvalue weighted by Crippen LogP contribution is -2.36. The van der Waals surface area contributed by atoms with E-state index in [2.05, 4.69) is 4.98 Å². The number of H-pyrrole nitrogens is 1. The Bertz CT molecular complexity index is 889. The van der Waals surface area contributed by atoms with Gasteiger partial charge >= 0.3 is 6.09 Å². The van der Waals surface area contributed by atoms with Gasteiger partial charge in [-0.3, -0.25) is 0 Å². The van der Waals surface area contributed by atoms with Crippen molar-refractivity contribution in [2.45, 2.75) is 19.6 Å². The van der Waals surface area contributed by atoms with Crippen LogP contribution >= 0.6 is 11.6 Å². The van der Waals surface area contributed by atoms with Gasteiger partial charge in [-0.15, -0.1) is 0 Å². The summed E-state index contributed by atoms with van der Waals surface area (Å²) in [6.45, 7) is 1.49. The van der Waals surface area contributed by atoms with Crippen LogP contribution in [0.4, 0.5) is 4.79 Å². The number of fused-ring (bicyclic) bond motifs is 3. The zero-order valence-corrected chi connectivity index (χ0v) is 13.8. The molecule has 0 spiro atoms. The summed E-state index contributed by atoms with van der Waals surface area (Å²) in [6.07, 6.45) is 0.517. The Hall–Kier alpha value is -2.46. The van der Waals surface area contributed by atoms with Crippen molar-refractivity contribution in [1.82, 2.24) is 9.88 Å². The van der Waals surface area contributed by atoms with Gasteiger partial charge in [-0.25, -0.2) is 4.79 Å². The monoisotopic (exact) mass is 340 g/mol. The summed E-state index contributed by atoms with van der Waals surface area (Å²) in [5, 5.41) is 1.78. The number of hydrogen-bond acceptors (Lipinski definition) is 2. The van der Waals surface area contributed by atoms with E-state index in [9.17, 15) is 4.79 Å². The molecule has 1 aliphatic rings. The number of carbonyl (C=O) groups excluding carboxylic acids is 1. The predicted octanol–water partition coefficient (Wildman–Crippen LogP) is 4.52. The normalized spacial score (nSPS) is 13.8. The van der Waals surface area contributed by atoms with Gasteiger partial charge in [0.15, 0.2) is 0 Å². The average molecular weight is 341 g/mol. The minimum Gasteiger partial charge on any atom is -0.445 e. The van der Waals surface area contributed by atoms with Crippen molar-refractivity contribution in [3.05, 3.63) is 70.4 Å². The number of ether oxygens (including phenoxy) is 1. The molecule has 1 aromatic heterocycles. The number of hydrogen-bond donors (Lipinski definition) is 1. The maximum atomic E-state index is 12.4. The second-order valence-corrected chi connectivity index (χ2v) is 6.42. The molecule has 1 amide bonds. The summed E-state index contributed by atoms with van der Waals surface area (Å²) in [4.78, 5) is 17.5. The second kappa shape index (κ2) is 6.21. The van der Waals surface area contributed by atoms with Crippen LogP contribution in [0, 0.1) is 0 Å². The van der Waals surface area contributed by atoms with Gasteiger partial charge < -0.3 is 14.6 Å². The number of amides is 1. The molecular weight excluding hydrogens is 324 g/mol. The molecule has 0 saturated heterocycles. The number of nitrogens with zero attached hydrogens (tertiary/aromatic N) is 1. The third-order valence-electron chi connectivity index (χ3n) is 4.40. The Morgan fingerprint density at radius 3 is 2.88 bits per heavy atom. The van der Waals surface area contributed by atoms with Crippen LogP contribution in [0.1, 0.15) is 16.8 Å². The fraction of sp³-hybridized carbons (Fsp3) is 0.211. The number of nitrogens with one attached hydrogen (secondary N) is 1. The van der Waals surface area contributed by atoms with Crippen molar-refractivity contribution < 1.29 is 9.53 Å². The van der Waals surface area contributed by atoms with Gasteiger partial charge in [-0.1, -0.05) is 41.9 Å². The molecule has 0 aliphatic carbocycles. The quantitative estimate of drug-likeness (QED) is 0.745. The van der Waals surface area contributed by atoms with Crippen molar-refractivity contribution >= 4 is 28.6 Å². The number of rotatable bonds is 2. The molecule has 0 bridgehead atoms. The Morgan fingerprint density at radius 1 is 1.21 bits per heavy atom. The number of carbonyl (C=O) groups is 1. The number of halogens is 1. The molecule has 1 N–H and O–H groups in total. The molecule has 24 heavy (non-hydrogen) atoms. The molecule has 0 atom stereocenters. The van der Waals surface area contributed by atoms with Gasteiger partial charge in [-0.05, 0) is 23.8 Å².